The van der Waals surface area contributed by atoms with Gasteiger partial charge >= 0.3 is 0 Å². The zero-order chi connectivity index (χ0) is 12.3. The number of hydrogen-bond donors (Lipinski definition) is 1. The average molecular weight is 233 g/mol. The predicted octanol–water partition coefficient (Wildman–Crippen LogP) is 2.35. The number of anilines is 1. The standard InChI is InChI=1S/C11H11N3O3/c1-12-8-2-3-10(11(6-8)14(15)16)13-7-9-4-5-17-9/h2-3,6,9,13H,4-5,7H2/t9-/m0/s1. The van der Waals surface area contributed by atoms with Crippen LogP contribution in [0.2, 0.25) is 0 Å². The molecule has 0 radical (unpaired) electrons. The molecular weight excluding hydrogens is 222 g/mol. The molecule has 0 aromatic heterocycles. The van der Waals surface area contributed by atoms with Gasteiger partial charge in [0, 0.05) is 19.2 Å². The fraction of sp³-hybridized carbons (Fsp3) is 0.364. The molecule has 0 unspecified atom stereocenters. The van der Waals surface area contributed by atoms with E-state index in [9.17, 15) is 10.1 Å². The number of nitro groups is 1. The number of hydrogen-bond acceptors (Lipinski definition) is 4. The van der Waals surface area contributed by atoms with Gasteiger partial charge < -0.3 is 10.1 Å². The summed E-state index contributed by atoms with van der Waals surface area (Å²) in [6.45, 7) is 8.13. The normalized spacial score (nSPS) is 17.9. The maximum Gasteiger partial charge on any atom is 0.282 e. The molecule has 0 saturated carbocycles. The van der Waals surface area contributed by atoms with E-state index in [1.807, 2.05) is 0 Å². The van der Waals surface area contributed by atoms with Gasteiger partial charge in [0.05, 0.1) is 17.6 Å². The van der Waals surface area contributed by atoms with E-state index >= 15 is 0 Å². The zero-order valence-corrected chi connectivity index (χ0v) is 9.05. The number of nitrogens with zero attached hydrogens (tertiary/aromatic N) is 2. The molecule has 1 fully saturated rings. The van der Waals surface area contributed by atoms with E-state index in [0.29, 0.717) is 12.2 Å². The lowest BCUT2D eigenvalue weighted by Gasteiger charge is -2.26. The number of rotatable bonds is 4. The Balaban J connectivity index is 2.14. The van der Waals surface area contributed by atoms with Gasteiger partial charge in [-0.25, -0.2) is 4.85 Å². The number of nitrogens with one attached hydrogen (secondary N) is 1. The second kappa shape index (κ2) is 4.80. The van der Waals surface area contributed by atoms with Crippen LogP contribution in [-0.2, 0) is 4.74 Å². The second-order valence-electron chi connectivity index (χ2n) is 3.73. The number of benzene rings is 1. The predicted molar refractivity (Wildman–Crippen MR) is 62.2 cm³/mol. The van der Waals surface area contributed by atoms with E-state index in [-0.39, 0.29) is 17.5 Å². The Hall–Kier alpha value is -2.13. The fourth-order valence-electron chi connectivity index (χ4n) is 1.56. The maximum absolute atomic E-state index is 10.8. The van der Waals surface area contributed by atoms with Gasteiger partial charge in [0.2, 0.25) is 0 Å². The SMILES string of the molecule is [C-]#[N+]c1ccc(NC[C@@H]2CCO2)c([N+](=O)[O-])c1. The first-order chi connectivity index (χ1) is 8.20. The molecule has 1 atom stereocenters. The lowest BCUT2D eigenvalue weighted by molar-refractivity contribution is -0.383. The van der Waals surface area contributed by atoms with Gasteiger partial charge in [-0.05, 0) is 12.5 Å². The first-order valence-corrected chi connectivity index (χ1v) is 5.22. The molecule has 0 amide bonds. The highest BCUT2D eigenvalue weighted by molar-refractivity contribution is 5.68. The molecule has 1 N–H and O–H groups in total. The molecule has 1 aromatic rings. The molecule has 6 heteroatoms. The minimum atomic E-state index is -0.487. The van der Waals surface area contributed by atoms with Crippen LogP contribution in [-0.4, -0.2) is 24.2 Å². The van der Waals surface area contributed by atoms with E-state index in [1.165, 1.54) is 6.07 Å². The molecular formula is C11H11N3O3. The van der Waals surface area contributed by atoms with Gasteiger partial charge in [0.15, 0.2) is 5.69 Å². The highest BCUT2D eigenvalue weighted by Crippen LogP contribution is 2.29. The monoisotopic (exact) mass is 233 g/mol. The quantitative estimate of drug-likeness (QED) is 0.492. The Morgan fingerprint density at radius 1 is 1.65 bits per heavy atom. The Bertz CT molecular complexity index is 477. The molecule has 1 aliphatic rings. The van der Waals surface area contributed by atoms with Crippen LogP contribution in [0.1, 0.15) is 6.42 Å². The molecule has 0 bridgehead atoms. The van der Waals surface area contributed by atoms with Crippen molar-refractivity contribution < 1.29 is 9.66 Å². The van der Waals surface area contributed by atoms with Crippen LogP contribution >= 0.6 is 0 Å². The van der Waals surface area contributed by atoms with Gasteiger partial charge in [-0.15, -0.1) is 0 Å². The minimum Gasteiger partial charge on any atom is -0.377 e. The van der Waals surface area contributed by atoms with Crippen molar-refractivity contribution in [3.63, 3.8) is 0 Å². The van der Waals surface area contributed by atoms with E-state index in [1.54, 1.807) is 12.1 Å². The maximum atomic E-state index is 10.8. The summed E-state index contributed by atoms with van der Waals surface area (Å²) >= 11 is 0. The first-order valence-electron chi connectivity index (χ1n) is 5.22. The lowest BCUT2D eigenvalue weighted by Crippen LogP contribution is -2.33. The second-order valence-corrected chi connectivity index (χ2v) is 3.73. The molecule has 1 aliphatic heterocycles. The molecule has 17 heavy (non-hydrogen) atoms. The van der Waals surface area contributed by atoms with Gasteiger partial charge in [0.1, 0.15) is 5.69 Å². The zero-order valence-electron chi connectivity index (χ0n) is 9.05. The Morgan fingerprint density at radius 3 is 2.94 bits per heavy atom. The van der Waals surface area contributed by atoms with E-state index in [2.05, 4.69) is 10.2 Å². The van der Waals surface area contributed by atoms with Crippen LogP contribution in [0.15, 0.2) is 18.2 Å². The third-order valence-electron chi connectivity index (χ3n) is 2.62. The number of ether oxygens (including phenoxy) is 1. The van der Waals surface area contributed by atoms with Gasteiger partial charge in [-0.3, -0.25) is 10.1 Å². The van der Waals surface area contributed by atoms with Gasteiger partial charge in [-0.2, -0.15) is 0 Å². The van der Waals surface area contributed by atoms with Crippen LogP contribution in [0, 0.1) is 16.7 Å². The Labute approximate surface area is 98.2 Å². The summed E-state index contributed by atoms with van der Waals surface area (Å²) in [5, 5.41) is 13.8. The molecule has 0 aliphatic carbocycles. The smallest absolute Gasteiger partial charge is 0.282 e. The third-order valence-corrected chi connectivity index (χ3v) is 2.62. The van der Waals surface area contributed by atoms with Crippen molar-refractivity contribution >= 4 is 17.1 Å². The highest BCUT2D eigenvalue weighted by Gasteiger charge is 2.20. The highest BCUT2D eigenvalue weighted by atomic mass is 16.6. The first kappa shape index (κ1) is 11.4. The molecule has 88 valence electrons. The Morgan fingerprint density at radius 2 is 2.41 bits per heavy atom. The lowest BCUT2D eigenvalue weighted by atomic mass is 10.2. The summed E-state index contributed by atoms with van der Waals surface area (Å²) < 4.78 is 5.22. The van der Waals surface area contributed by atoms with Crippen LogP contribution in [0.25, 0.3) is 4.85 Å². The third kappa shape index (κ3) is 2.52. The van der Waals surface area contributed by atoms with Gasteiger partial charge in [-0.1, -0.05) is 6.07 Å². The number of nitro benzene ring substituents is 1. The Kier molecular flexibility index (Phi) is 3.21. The average Bonchev–Trinajstić information content (AvgIpc) is 2.27. The fourth-order valence-corrected chi connectivity index (χ4v) is 1.56. The molecule has 0 spiro atoms. The van der Waals surface area contributed by atoms with Crippen LogP contribution in [0.3, 0.4) is 0 Å². The summed E-state index contributed by atoms with van der Waals surface area (Å²) in [6.07, 6.45) is 1.11. The van der Waals surface area contributed by atoms with Crippen molar-refractivity contribution in [2.45, 2.75) is 12.5 Å². The van der Waals surface area contributed by atoms with Crippen molar-refractivity contribution in [2.75, 3.05) is 18.5 Å². The van der Waals surface area contributed by atoms with Crippen molar-refractivity contribution in [2.24, 2.45) is 0 Å². The molecule has 1 aromatic carbocycles. The summed E-state index contributed by atoms with van der Waals surface area (Å²) in [6, 6.07) is 4.39. The van der Waals surface area contributed by atoms with Crippen molar-refractivity contribution in [3.05, 3.63) is 39.7 Å². The largest absolute Gasteiger partial charge is 0.377 e. The van der Waals surface area contributed by atoms with Crippen LogP contribution < -0.4 is 5.32 Å². The van der Waals surface area contributed by atoms with Crippen molar-refractivity contribution in [3.8, 4) is 0 Å². The summed E-state index contributed by atoms with van der Waals surface area (Å²) in [4.78, 5) is 13.5. The van der Waals surface area contributed by atoms with Crippen LogP contribution in [0.4, 0.5) is 17.1 Å². The van der Waals surface area contributed by atoms with E-state index in [0.717, 1.165) is 13.0 Å². The molecule has 1 saturated heterocycles. The minimum absolute atomic E-state index is 0.0715. The van der Waals surface area contributed by atoms with Gasteiger partial charge in [0.25, 0.3) is 5.69 Å². The summed E-state index contributed by atoms with van der Waals surface area (Å²) in [5.41, 5.74) is 0.623. The van der Waals surface area contributed by atoms with Crippen molar-refractivity contribution in [1.82, 2.24) is 0 Å². The van der Waals surface area contributed by atoms with Crippen molar-refractivity contribution in [1.29, 1.82) is 0 Å². The topological polar surface area (TPSA) is 68.8 Å². The summed E-state index contributed by atoms with van der Waals surface area (Å²) in [7, 11) is 0. The van der Waals surface area contributed by atoms with E-state index < -0.39 is 4.92 Å². The molecule has 1 heterocycles. The molecule has 6 nitrogen and oxygen atoms in total. The van der Waals surface area contributed by atoms with E-state index in [4.69, 9.17) is 11.3 Å². The molecule has 2 rings (SSSR count). The summed E-state index contributed by atoms with van der Waals surface area (Å²) in [5.74, 6) is 0. The van der Waals surface area contributed by atoms with Crippen LogP contribution in [0.5, 0.6) is 0 Å².